The van der Waals surface area contributed by atoms with Crippen LogP contribution in [0.1, 0.15) is 25.0 Å². The van der Waals surface area contributed by atoms with Gasteiger partial charge in [-0.1, -0.05) is 184 Å². The van der Waals surface area contributed by atoms with Gasteiger partial charge in [-0.25, -0.2) is 0 Å². The molecule has 0 fully saturated rings. The molecule has 0 heteroatoms. The number of hydrogen-bond donors (Lipinski definition) is 0. The summed E-state index contributed by atoms with van der Waals surface area (Å²) in [5.41, 5.74) is 13.0. The van der Waals surface area contributed by atoms with Crippen LogP contribution < -0.4 is 0 Å². The molecule has 0 N–H and O–H groups in total. The first-order chi connectivity index (χ1) is 26.1. The van der Waals surface area contributed by atoms with Gasteiger partial charge in [0.2, 0.25) is 0 Å². The second-order valence-corrected chi connectivity index (χ2v) is 15.2. The van der Waals surface area contributed by atoms with Gasteiger partial charge in [-0.2, -0.15) is 0 Å². The first kappa shape index (κ1) is 30.2. The minimum atomic E-state index is -0.133. The molecule has 0 saturated carbocycles. The predicted molar refractivity (Wildman–Crippen MR) is 228 cm³/mol. The van der Waals surface area contributed by atoms with E-state index in [2.05, 4.69) is 196 Å². The number of fused-ring (bicyclic) bond motifs is 12. The SMILES string of the molecule is CC1(C)c2ccc3ccccc3c2-c2c1c1ccc(-c3cccc(-c4c5ccccc5c(-c5ccccc5)c5ccccc45)c3)cc1c1ccccc21. The van der Waals surface area contributed by atoms with Gasteiger partial charge in [0.05, 0.1) is 0 Å². The van der Waals surface area contributed by atoms with Crippen LogP contribution in [-0.2, 0) is 5.41 Å². The van der Waals surface area contributed by atoms with Gasteiger partial charge < -0.3 is 0 Å². The minimum Gasteiger partial charge on any atom is -0.0622 e. The summed E-state index contributed by atoms with van der Waals surface area (Å²) >= 11 is 0. The molecule has 0 radical (unpaired) electrons. The first-order valence-corrected chi connectivity index (χ1v) is 18.7. The summed E-state index contributed by atoms with van der Waals surface area (Å²) in [5.74, 6) is 0. The van der Waals surface area contributed by atoms with E-state index in [0.29, 0.717) is 0 Å². The fourth-order valence-corrected chi connectivity index (χ4v) is 9.68. The molecule has 0 nitrogen and oxygen atoms in total. The summed E-state index contributed by atoms with van der Waals surface area (Å²) in [4.78, 5) is 0. The molecule has 0 bridgehead atoms. The fourth-order valence-electron chi connectivity index (χ4n) is 9.68. The number of rotatable bonds is 3. The summed E-state index contributed by atoms with van der Waals surface area (Å²) < 4.78 is 0. The molecule has 0 amide bonds. The summed E-state index contributed by atoms with van der Waals surface area (Å²) in [6.45, 7) is 4.82. The molecule has 0 saturated heterocycles. The average molecular weight is 673 g/mol. The normalized spacial score (nSPS) is 13.2. The third-order valence-electron chi connectivity index (χ3n) is 12.0. The maximum atomic E-state index is 2.45. The van der Waals surface area contributed by atoms with Crippen molar-refractivity contribution in [1.82, 2.24) is 0 Å². The Balaban J connectivity index is 1.14. The van der Waals surface area contributed by atoms with E-state index in [-0.39, 0.29) is 5.41 Å². The lowest BCUT2D eigenvalue weighted by atomic mass is 9.78. The Hall–Kier alpha value is -6.50. The molecule has 1 aliphatic carbocycles. The van der Waals surface area contributed by atoms with Crippen molar-refractivity contribution in [2.45, 2.75) is 19.3 Å². The zero-order valence-corrected chi connectivity index (χ0v) is 29.8. The van der Waals surface area contributed by atoms with E-state index in [4.69, 9.17) is 0 Å². The van der Waals surface area contributed by atoms with E-state index < -0.39 is 0 Å². The highest BCUT2D eigenvalue weighted by atomic mass is 14.4. The highest BCUT2D eigenvalue weighted by Crippen LogP contribution is 2.56. The maximum Gasteiger partial charge on any atom is 0.0165 e. The number of benzene rings is 10. The van der Waals surface area contributed by atoms with Gasteiger partial charge in [-0.3, -0.25) is 0 Å². The largest absolute Gasteiger partial charge is 0.0622 e. The van der Waals surface area contributed by atoms with Crippen molar-refractivity contribution >= 4 is 53.9 Å². The lowest BCUT2D eigenvalue weighted by molar-refractivity contribution is 0.667. The van der Waals surface area contributed by atoms with Gasteiger partial charge >= 0.3 is 0 Å². The zero-order valence-electron chi connectivity index (χ0n) is 29.8. The van der Waals surface area contributed by atoms with Crippen molar-refractivity contribution in [2.24, 2.45) is 0 Å². The fraction of sp³-hybridized carbons (Fsp3) is 0.0566. The maximum absolute atomic E-state index is 2.45. The van der Waals surface area contributed by atoms with Crippen molar-refractivity contribution in [3.63, 3.8) is 0 Å². The number of hydrogen-bond acceptors (Lipinski definition) is 0. The molecule has 0 heterocycles. The van der Waals surface area contributed by atoms with Crippen molar-refractivity contribution in [3.8, 4) is 44.5 Å². The molecule has 0 aliphatic heterocycles. The molecule has 11 rings (SSSR count). The van der Waals surface area contributed by atoms with Crippen molar-refractivity contribution < 1.29 is 0 Å². The quantitative estimate of drug-likeness (QED) is 0.129. The summed E-state index contributed by atoms with van der Waals surface area (Å²) in [6.07, 6.45) is 0. The van der Waals surface area contributed by atoms with Crippen molar-refractivity contribution in [2.75, 3.05) is 0 Å². The van der Waals surface area contributed by atoms with E-state index in [0.717, 1.165) is 0 Å². The monoisotopic (exact) mass is 672 g/mol. The van der Waals surface area contributed by atoms with Gasteiger partial charge in [0.25, 0.3) is 0 Å². The van der Waals surface area contributed by atoms with Crippen molar-refractivity contribution in [3.05, 3.63) is 193 Å². The molecule has 1 aliphatic rings. The standard InChI is InChI=1S/C53H36/c1-53(2)47-30-28-33-15-6-7-20-38(33)50(47)51-40-22-9-8-21-39(40)46-32-36(27-29-45(46)52(51)53)35-18-14-19-37(31-35)49-43-25-12-10-23-41(43)48(34-16-4-3-5-17-34)42-24-11-13-26-44(42)49/h3-32H,1-2H3. The van der Waals surface area contributed by atoms with Crippen LogP contribution in [-0.4, -0.2) is 0 Å². The lowest BCUT2D eigenvalue weighted by Crippen LogP contribution is -2.15. The van der Waals surface area contributed by atoms with E-state index in [1.165, 1.54) is 109 Å². The smallest absolute Gasteiger partial charge is 0.0165 e. The Morgan fingerprint density at radius 2 is 0.792 bits per heavy atom. The van der Waals surface area contributed by atoms with E-state index >= 15 is 0 Å². The molecular formula is C53H36. The van der Waals surface area contributed by atoms with Gasteiger partial charge in [0, 0.05) is 5.41 Å². The molecule has 0 atom stereocenters. The molecular weight excluding hydrogens is 637 g/mol. The van der Waals surface area contributed by atoms with Gasteiger partial charge in [-0.15, -0.1) is 0 Å². The van der Waals surface area contributed by atoms with E-state index in [1.54, 1.807) is 0 Å². The van der Waals surface area contributed by atoms with Crippen LogP contribution in [0, 0.1) is 0 Å². The highest BCUT2D eigenvalue weighted by molar-refractivity contribution is 6.23. The van der Waals surface area contributed by atoms with E-state index in [1.807, 2.05) is 0 Å². The second-order valence-electron chi connectivity index (χ2n) is 15.2. The Bertz CT molecular complexity index is 3070. The Labute approximate surface area is 309 Å². The topological polar surface area (TPSA) is 0 Å². The van der Waals surface area contributed by atoms with Crippen LogP contribution in [0.4, 0.5) is 0 Å². The van der Waals surface area contributed by atoms with Gasteiger partial charge in [0.15, 0.2) is 0 Å². The molecule has 248 valence electrons. The summed E-state index contributed by atoms with van der Waals surface area (Å²) in [7, 11) is 0. The molecule has 0 spiro atoms. The van der Waals surface area contributed by atoms with Crippen LogP contribution in [0.15, 0.2) is 182 Å². The third kappa shape index (κ3) is 4.30. The highest BCUT2D eigenvalue weighted by Gasteiger charge is 2.39. The average Bonchev–Trinajstić information content (AvgIpc) is 3.47. The lowest BCUT2D eigenvalue weighted by Gasteiger charge is -2.24. The molecule has 53 heavy (non-hydrogen) atoms. The molecule has 10 aromatic rings. The zero-order chi connectivity index (χ0) is 35.3. The van der Waals surface area contributed by atoms with Crippen LogP contribution in [0.25, 0.3) is 98.4 Å². The Morgan fingerprint density at radius 1 is 0.283 bits per heavy atom. The summed E-state index contributed by atoms with van der Waals surface area (Å²) in [5, 5.41) is 13.0. The predicted octanol–water partition coefficient (Wildman–Crippen LogP) is 14.8. The minimum absolute atomic E-state index is 0.133. The van der Waals surface area contributed by atoms with Crippen LogP contribution >= 0.6 is 0 Å². The second kappa shape index (κ2) is 11.2. The van der Waals surface area contributed by atoms with Crippen LogP contribution in [0.5, 0.6) is 0 Å². The molecule has 0 aromatic heterocycles. The van der Waals surface area contributed by atoms with Crippen molar-refractivity contribution in [1.29, 1.82) is 0 Å². The van der Waals surface area contributed by atoms with Gasteiger partial charge in [0.1, 0.15) is 0 Å². The van der Waals surface area contributed by atoms with Crippen LogP contribution in [0.3, 0.4) is 0 Å². The Kier molecular flexibility index (Phi) is 6.40. The summed E-state index contributed by atoms with van der Waals surface area (Å²) in [6, 6.07) is 67.7. The van der Waals surface area contributed by atoms with E-state index in [9.17, 15) is 0 Å². The van der Waals surface area contributed by atoms with Crippen LogP contribution in [0.2, 0.25) is 0 Å². The van der Waals surface area contributed by atoms with Gasteiger partial charge in [-0.05, 0) is 122 Å². The Morgan fingerprint density at radius 3 is 1.47 bits per heavy atom. The third-order valence-corrected chi connectivity index (χ3v) is 12.0. The first-order valence-electron chi connectivity index (χ1n) is 18.7. The molecule has 0 unspecified atom stereocenters. The molecule has 10 aromatic carbocycles.